The zero-order valence-corrected chi connectivity index (χ0v) is 22.1. The zero-order valence-electron chi connectivity index (χ0n) is 22.1. The third-order valence-electron chi connectivity index (χ3n) is 10.1. The van der Waals surface area contributed by atoms with Crippen LogP contribution in [0.15, 0.2) is 23.5 Å². The normalized spacial score (nSPS) is 51.2. The molecule has 1 saturated carbocycles. The summed E-state index contributed by atoms with van der Waals surface area (Å²) in [6.07, 6.45) is 4.30. The van der Waals surface area contributed by atoms with Gasteiger partial charge >= 0.3 is 5.97 Å². The van der Waals surface area contributed by atoms with Gasteiger partial charge in [-0.15, -0.1) is 0 Å². The number of ether oxygens (including phenoxy) is 6. The molecule has 4 aliphatic heterocycles. The van der Waals surface area contributed by atoms with Gasteiger partial charge in [0.15, 0.2) is 6.29 Å². The summed E-state index contributed by atoms with van der Waals surface area (Å²) in [5.74, 6) is -0.910. The third-order valence-corrected chi connectivity index (χ3v) is 10.1. The molecule has 0 aromatic carbocycles. The Morgan fingerprint density at radius 3 is 2.76 bits per heavy atom. The number of rotatable bonds is 3. The number of aliphatic hydroxyl groups is 2. The van der Waals surface area contributed by atoms with Gasteiger partial charge in [0.25, 0.3) is 0 Å². The highest BCUT2D eigenvalue weighted by Gasteiger charge is 2.58. The molecule has 12 atom stereocenters. The van der Waals surface area contributed by atoms with Crippen LogP contribution in [0, 0.1) is 23.2 Å². The number of methoxy groups -OCH3 is 1. The molecular weight excluding hydrogens is 480 g/mol. The Labute approximate surface area is 218 Å². The molecule has 9 heteroatoms. The van der Waals surface area contributed by atoms with Crippen molar-refractivity contribution in [3.05, 3.63) is 23.5 Å². The minimum Gasteiger partial charge on any atom is -0.469 e. The predicted octanol–water partition coefficient (Wildman–Crippen LogP) is 2.59. The smallest absolute Gasteiger partial charge is 0.309 e. The number of hydrogen-bond acceptors (Lipinski definition) is 9. The van der Waals surface area contributed by atoms with Crippen molar-refractivity contribution in [1.82, 2.24) is 0 Å². The Hall–Kier alpha value is -1.49. The lowest BCUT2D eigenvalue weighted by Gasteiger charge is -2.51. The molecule has 0 radical (unpaired) electrons. The first-order valence-electron chi connectivity index (χ1n) is 13.7. The number of aliphatic hydroxyl groups excluding tert-OH is 2. The van der Waals surface area contributed by atoms with Gasteiger partial charge in [-0.1, -0.05) is 18.6 Å². The summed E-state index contributed by atoms with van der Waals surface area (Å²) in [5.41, 5.74) is 2.36. The summed E-state index contributed by atoms with van der Waals surface area (Å²) >= 11 is 0. The first-order valence-corrected chi connectivity index (χ1v) is 13.7. The first kappa shape index (κ1) is 25.8. The van der Waals surface area contributed by atoms with E-state index in [9.17, 15) is 15.0 Å². The first-order chi connectivity index (χ1) is 17.6. The van der Waals surface area contributed by atoms with E-state index in [2.05, 4.69) is 13.0 Å². The maximum Gasteiger partial charge on any atom is 0.309 e. The number of carbonyl (C=O) groups excluding carboxylic acids is 1. The van der Waals surface area contributed by atoms with E-state index in [-0.39, 0.29) is 41.3 Å². The van der Waals surface area contributed by atoms with Gasteiger partial charge in [0.1, 0.15) is 24.4 Å². The van der Waals surface area contributed by atoms with Crippen LogP contribution < -0.4 is 0 Å². The molecule has 4 heterocycles. The molecule has 2 N–H and O–H groups in total. The average molecular weight is 521 g/mol. The Kier molecular flexibility index (Phi) is 6.49. The van der Waals surface area contributed by atoms with Crippen molar-refractivity contribution in [2.24, 2.45) is 23.2 Å². The van der Waals surface area contributed by atoms with Gasteiger partial charge in [0.05, 0.1) is 36.9 Å². The molecule has 37 heavy (non-hydrogen) atoms. The third kappa shape index (κ3) is 4.08. The van der Waals surface area contributed by atoms with Crippen molar-refractivity contribution >= 4 is 5.97 Å². The fourth-order valence-corrected chi connectivity index (χ4v) is 7.89. The Morgan fingerprint density at radius 2 is 1.97 bits per heavy atom. The van der Waals surface area contributed by atoms with E-state index in [0.717, 1.165) is 32.1 Å². The molecule has 4 fully saturated rings. The van der Waals surface area contributed by atoms with Crippen LogP contribution >= 0.6 is 0 Å². The second-order valence-electron chi connectivity index (χ2n) is 12.1. The molecule has 0 spiro atoms. The van der Waals surface area contributed by atoms with Gasteiger partial charge in [0, 0.05) is 14.0 Å². The summed E-state index contributed by atoms with van der Waals surface area (Å²) in [7, 11) is 1.47. The molecular formula is C28H40O9. The lowest BCUT2D eigenvalue weighted by Crippen LogP contribution is -2.59. The summed E-state index contributed by atoms with van der Waals surface area (Å²) < 4.78 is 35.3. The largest absolute Gasteiger partial charge is 0.469 e. The van der Waals surface area contributed by atoms with Crippen LogP contribution in [-0.2, 0) is 33.2 Å². The maximum absolute atomic E-state index is 13.5. The molecule has 0 amide bonds. The number of esters is 1. The number of carbonyl (C=O) groups is 1. The summed E-state index contributed by atoms with van der Waals surface area (Å²) in [5, 5.41) is 21.0. The van der Waals surface area contributed by atoms with Gasteiger partial charge in [-0.05, 0) is 62.4 Å². The molecule has 6 rings (SSSR count). The van der Waals surface area contributed by atoms with Gasteiger partial charge in [-0.3, -0.25) is 4.79 Å². The molecule has 9 nitrogen and oxygen atoms in total. The van der Waals surface area contributed by atoms with Crippen LogP contribution in [0.2, 0.25) is 0 Å². The molecule has 0 aromatic rings. The van der Waals surface area contributed by atoms with Crippen molar-refractivity contribution in [2.75, 3.05) is 13.7 Å². The molecule has 3 saturated heterocycles. The molecule has 2 aliphatic carbocycles. The van der Waals surface area contributed by atoms with Crippen LogP contribution in [0.3, 0.4) is 0 Å². The highest BCUT2D eigenvalue weighted by Crippen LogP contribution is 2.57. The maximum atomic E-state index is 13.5. The van der Waals surface area contributed by atoms with Crippen molar-refractivity contribution < 1.29 is 43.4 Å². The second-order valence-corrected chi connectivity index (χ2v) is 12.1. The van der Waals surface area contributed by atoms with Crippen molar-refractivity contribution in [3.63, 3.8) is 0 Å². The summed E-state index contributed by atoms with van der Waals surface area (Å²) in [6, 6.07) is 0. The fraction of sp³-hybridized carbons (Fsp3) is 0.821. The van der Waals surface area contributed by atoms with Gasteiger partial charge in [-0.25, -0.2) is 0 Å². The average Bonchev–Trinajstić information content (AvgIpc) is 3.38. The van der Waals surface area contributed by atoms with E-state index in [1.165, 1.54) is 18.3 Å². The van der Waals surface area contributed by atoms with E-state index in [1.54, 1.807) is 6.92 Å². The Bertz CT molecular complexity index is 979. The molecule has 6 unspecified atom stereocenters. The summed E-state index contributed by atoms with van der Waals surface area (Å²) in [6.45, 7) is 6.35. The van der Waals surface area contributed by atoms with Crippen LogP contribution in [0.25, 0.3) is 0 Å². The Morgan fingerprint density at radius 1 is 1.16 bits per heavy atom. The van der Waals surface area contributed by atoms with Crippen LogP contribution in [0.4, 0.5) is 0 Å². The minimum absolute atomic E-state index is 0.0419. The van der Waals surface area contributed by atoms with Gasteiger partial charge in [-0.2, -0.15) is 0 Å². The topological polar surface area (TPSA) is 113 Å². The standard InChI is InChI=1S/C28H40O9/c1-14-22(29)24(32-4)23(30)26(35-14)36-17-9-10-27(2)16(11-17)6-7-18-19(27)8-5-15-12-33-28(3)21(15)20(13-34-28)37-25(18)31/h6,12,14,17-24,26,29-30H,5,7-11,13H2,1-4H3/t14?,17?,18-,19+,20-,21-,22?,23?,24?,26?,27+,28+/m1/s1. The van der Waals surface area contributed by atoms with Crippen molar-refractivity contribution in [2.45, 2.75) is 108 Å². The van der Waals surface area contributed by atoms with Crippen molar-refractivity contribution in [1.29, 1.82) is 0 Å². The molecule has 0 aromatic heterocycles. The fourth-order valence-electron chi connectivity index (χ4n) is 7.89. The van der Waals surface area contributed by atoms with E-state index in [1.807, 2.05) is 13.2 Å². The molecule has 6 aliphatic rings. The summed E-state index contributed by atoms with van der Waals surface area (Å²) in [4.78, 5) is 13.5. The number of allylic oxidation sites excluding steroid dienone is 1. The van der Waals surface area contributed by atoms with E-state index in [4.69, 9.17) is 28.4 Å². The minimum atomic E-state index is -1.07. The SMILES string of the molecule is COC1C(O)C(C)OC(OC2CC[C@@]3(C)C(=CC[C@H]4C(=O)O[C@@H]5CO[C@]6(C)OC=C(CC[C@@H]43)[C@H]56)C2)C1O. The lowest BCUT2D eigenvalue weighted by molar-refractivity contribution is -0.309. The van der Waals surface area contributed by atoms with E-state index < -0.39 is 36.5 Å². The van der Waals surface area contributed by atoms with E-state index in [0.29, 0.717) is 13.0 Å². The highest BCUT2D eigenvalue weighted by atomic mass is 16.7. The van der Waals surface area contributed by atoms with Crippen LogP contribution in [-0.4, -0.2) is 78.6 Å². The van der Waals surface area contributed by atoms with E-state index >= 15 is 0 Å². The zero-order chi connectivity index (χ0) is 26.1. The quantitative estimate of drug-likeness (QED) is 0.428. The lowest BCUT2D eigenvalue weighted by atomic mass is 9.55. The predicted molar refractivity (Wildman–Crippen MR) is 130 cm³/mol. The monoisotopic (exact) mass is 520 g/mol. The van der Waals surface area contributed by atoms with Gasteiger partial charge in [0.2, 0.25) is 5.79 Å². The second kappa shape index (κ2) is 9.31. The van der Waals surface area contributed by atoms with Crippen LogP contribution in [0.1, 0.15) is 59.3 Å². The Balaban J connectivity index is 1.19. The molecule has 0 bridgehead atoms. The van der Waals surface area contributed by atoms with Crippen LogP contribution in [0.5, 0.6) is 0 Å². The number of fused-ring (bicyclic) bond motifs is 3. The highest BCUT2D eigenvalue weighted by molar-refractivity contribution is 5.74. The molecule has 206 valence electrons. The van der Waals surface area contributed by atoms with Crippen molar-refractivity contribution in [3.8, 4) is 0 Å². The van der Waals surface area contributed by atoms with Gasteiger partial charge < -0.3 is 38.6 Å². The number of hydrogen-bond donors (Lipinski definition) is 2.